The van der Waals surface area contributed by atoms with Crippen LogP contribution in [0.5, 0.6) is 0 Å². The summed E-state index contributed by atoms with van der Waals surface area (Å²) in [7, 11) is 0. The molecule has 3 rings (SSSR count). The zero-order valence-corrected chi connectivity index (χ0v) is 11.7. The number of amides is 1. The fourth-order valence-corrected chi connectivity index (χ4v) is 2.60. The van der Waals surface area contributed by atoms with Crippen LogP contribution < -0.4 is 4.90 Å². The second kappa shape index (κ2) is 5.80. The van der Waals surface area contributed by atoms with Crippen LogP contribution in [0, 0.1) is 18.3 Å². The fraction of sp³-hybridized carbons (Fsp3) is 0.222. The highest BCUT2D eigenvalue weighted by Crippen LogP contribution is 2.25. The zero-order chi connectivity index (χ0) is 14.7. The summed E-state index contributed by atoms with van der Waals surface area (Å²) < 4.78 is 0. The molecule has 1 aliphatic heterocycles. The number of aromatic nitrogens is 1. The van der Waals surface area contributed by atoms with Gasteiger partial charge in [-0.2, -0.15) is 0 Å². The first-order valence-electron chi connectivity index (χ1n) is 7.00. The van der Waals surface area contributed by atoms with Gasteiger partial charge in [-0.25, -0.2) is 0 Å². The number of terminal acetylenes is 1. The molecule has 0 bridgehead atoms. The van der Waals surface area contributed by atoms with Gasteiger partial charge in [0.15, 0.2) is 0 Å². The van der Waals surface area contributed by atoms with Crippen LogP contribution in [0.2, 0.25) is 0 Å². The number of hydrogen-bond acceptors (Lipinski definition) is 2. The third-order valence-electron chi connectivity index (χ3n) is 3.77. The van der Waals surface area contributed by atoms with Gasteiger partial charge in [-0.05, 0) is 41.8 Å². The first kappa shape index (κ1) is 13.4. The molecular formula is C18H16N2O. The lowest BCUT2D eigenvalue weighted by molar-refractivity contribution is -0.117. The zero-order valence-electron chi connectivity index (χ0n) is 11.7. The van der Waals surface area contributed by atoms with E-state index in [1.165, 1.54) is 11.1 Å². The maximum absolute atomic E-state index is 11.9. The summed E-state index contributed by atoms with van der Waals surface area (Å²) in [6.45, 7) is 0.624. The highest BCUT2D eigenvalue weighted by Gasteiger charge is 2.29. The molecule has 104 valence electrons. The van der Waals surface area contributed by atoms with Gasteiger partial charge in [-0.1, -0.05) is 12.1 Å². The molecule has 1 saturated heterocycles. The lowest BCUT2D eigenvalue weighted by Crippen LogP contribution is -2.24. The van der Waals surface area contributed by atoms with E-state index in [4.69, 9.17) is 6.42 Å². The van der Waals surface area contributed by atoms with Crippen LogP contribution in [0.4, 0.5) is 5.69 Å². The van der Waals surface area contributed by atoms with E-state index in [9.17, 15) is 4.79 Å². The third kappa shape index (κ3) is 2.95. The Labute approximate surface area is 124 Å². The summed E-state index contributed by atoms with van der Waals surface area (Å²) in [4.78, 5) is 17.7. The molecule has 1 aliphatic rings. The Balaban J connectivity index is 1.73. The van der Waals surface area contributed by atoms with Crippen molar-refractivity contribution in [2.75, 3.05) is 11.4 Å². The van der Waals surface area contributed by atoms with Crippen molar-refractivity contribution in [2.45, 2.75) is 12.8 Å². The first-order valence-corrected chi connectivity index (χ1v) is 7.00. The van der Waals surface area contributed by atoms with Gasteiger partial charge in [0.2, 0.25) is 5.91 Å². The van der Waals surface area contributed by atoms with Crippen molar-refractivity contribution in [2.24, 2.45) is 5.92 Å². The Kier molecular flexibility index (Phi) is 3.70. The van der Waals surface area contributed by atoms with Crippen LogP contribution in [0.15, 0.2) is 48.8 Å². The van der Waals surface area contributed by atoms with Gasteiger partial charge in [0.25, 0.3) is 0 Å². The summed E-state index contributed by atoms with van der Waals surface area (Å²) in [6, 6.07) is 12.1. The van der Waals surface area contributed by atoms with E-state index < -0.39 is 0 Å². The van der Waals surface area contributed by atoms with E-state index in [0.717, 1.165) is 12.1 Å². The lowest BCUT2D eigenvalue weighted by atomic mass is 10.1. The molecular weight excluding hydrogens is 260 g/mol. The van der Waals surface area contributed by atoms with E-state index in [-0.39, 0.29) is 11.8 Å². The monoisotopic (exact) mass is 276 g/mol. The van der Waals surface area contributed by atoms with E-state index in [2.05, 4.69) is 23.0 Å². The molecule has 2 heterocycles. The van der Waals surface area contributed by atoms with Crippen molar-refractivity contribution in [3.8, 4) is 12.3 Å². The minimum absolute atomic E-state index is 0.0361. The molecule has 3 heteroatoms. The average molecular weight is 276 g/mol. The van der Waals surface area contributed by atoms with E-state index in [1.807, 2.05) is 24.3 Å². The molecule has 1 aromatic heterocycles. The smallest absolute Gasteiger partial charge is 0.228 e. The van der Waals surface area contributed by atoms with Crippen LogP contribution in [-0.2, 0) is 11.2 Å². The molecule has 2 aromatic rings. The van der Waals surface area contributed by atoms with Gasteiger partial charge in [-0.15, -0.1) is 12.3 Å². The standard InChI is InChI=1S/C18H16N2O/c1-2-14-12-18(21)20(13-14)17-5-3-15(4-6-17)11-16-7-9-19-10-8-16/h1,3-10,14H,11-13H2. The van der Waals surface area contributed by atoms with Crippen molar-refractivity contribution in [1.82, 2.24) is 4.98 Å². The van der Waals surface area contributed by atoms with E-state index in [1.54, 1.807) is 17.3 Å². The van der Waals surface area contributed by atoms with Gasteiger partial charge in [0.1, 0.15) is 0 Å². The number of benzene rings is 1. The van der Waals surface area contributed by atoms with Crippen molar-refractivity contribution in [1.29, 1.82) is 0 Å². The minimum Gasteiger partial charge on any atom is -0.311 e. The molecule has 0 aliphatic carbocycles. The average Bonchev–Trinajstić information content (AvgIpc) is 2.90. The third-order valence-corrected chi connectivity index (χ3v) is 3.77. The quantitative estimate of drug-likeness (QED) is 0.807. The SMILES string of the molecule is C#CC1CC(=O)N(c2ccc(Cc3ccncc3)cc2)C1. The summed E-state index contributed by atoms with van der Waals surface area (Å²) in [5.41, 5.74) is 3.36. The Bertz CT molecular complexity index is 671. The molecule has 1 atom stereocenters. The first-order chi connectivity index (χ1) is 10.3. The van der Waals surface area contributed by atoms with Gasteiger partial charge in [-0.3, -0.25) is 9.78 Å². The Hall–Kier alpha value is -2.60. The van der Waals surface area contributed by atoms with Crippen molar-refractivity contribution in [3.63, 3.8) is 0 Å². The molecule has 1 amide bonds. The normalized spacial score (nSPS) is 17.8. The number of pyridine rings is 1. The van der Waals surface area contributed by atoms with Crippen LogP contribution in [0.3, 0.4) is 0 Å². The summed E-state index contributed by atoms with van der Waals surface area (Å²) in [5.74, 6) is 2.82. The molecule has 1 unspecified atom stereocenters. The minimum atomic E-state index is 0.0361. The van der Waals surface area contributed by atoms with Crippen LogP contribution >= 0.6 is 0 Å². The molecule has 3 nitrogen and oxygen atoms in total. The maximum Gasteiger partial charge on any atom is 0.228 e. The van der Waals surface area contributed by atoms with Crippen molar-refractivity contribution in [3.05, 3.63) is 59.9 Å². The summed E-state index contributed by atoms with van der Waals surface area (Å²) in [6.07, 6.45) is 10.3. The molecule has 0 spiro atoms. The van der Waals surface area contributed by atoms with Crippen LogP contribution in [-0.4, -0.2) is 17.4 Å². The number of anilines is 1. The second-order valence-corrected chi connectivity index (χ2v) is 5.27. The second-order valence-electron chi connectivity index (χ2n) is 5.27. The fourth-order valence-electron chi connectivity index (χ4n) is 2.60. The Morgan fingerprint density at radius 2 is 1.81 bits per heavy atom. The number of carbonyl (C=O) groups is 1. The van der Waals surface area contributed by atoms with Crippen LogP contribution in [0.25, 0.3) is 0 Å². The predicted octanol–water partition coefficient (Wildman–Crippen LogP) is 2.66. The van der Waals surface area contributed by atoms with E-state index >= 15 is 0 Å². The largest absolute Gasteiger partial charge is 0.311 e. The highest BCUT2D eigenvalue weighted by molar-refractivity contribution is 5.96. The summed E-state index contributed by atoms with van der Waals surface area (Å²) in [5, 5.41) is 0. The van der Waals surface area contributed by atoms with Gasteiger partial charge >= 0.3 is 0 Å². The number of rotatable bonds is 3. The molecule has 0 saturated carbocycles. The Morgan fingerprint density at radius 1 is 1.14 bits per heavy atom. The molecule has 1 aromatic carbocycles. The molecule has 21 heavy (non-hydrogen) atoms. The number of nitrogens with zero attached hydrogens (tertiary/aromatic N) is 2. The number of hydrogen-bond donors (Lipinski definition) is 0. The van der Waals surface area contributed by atoms with Crippen molar-refractivity contribution < 1.29 is 4.79 Å². The van der Waals surface area contributed by atoms with Gasteiger partial charge in [0, 0.05) is 37.0 Å². The van der Waals surface area contributed by atoms with Gasteiger partial charge < -0.3 is 4.90 Å². The molecule has 1 fully saturated rings. The lowest BCUT2D eigenvalue weighted by Gasteiger charge is -2.16. The predicted molar refractivity (Wildman–Crippen MR) is 82.8 cm³/mol. The topological polar surface area (TPSA) is 33.2 Å². The Morgan fingerprint density at radius 3 is 2.43 bits per heavy atom. The maximum atomic E-state index is 11.9. The number of carbonyl (C=O) groups excluding carboxylic acids is 1. The molecule has 0 radical (unpaired) electrons. The highest BCUT2D eigenvalue weighted by atomic mass is 16.2. The van der Waals surface area contributed by atoms with E-state index in [0.29, 0.717) is 13.0 Å². The van der Waals surface area contributed by atoms with Crippen molar-refractivity contribution >= 4 is 11.6 Å². The molecule has 0 N–H and O–H groups in total. The van der Waals surface area contributed by atoms with Gasteiger partial charge in [0.05, 0.1) is 0 Å². The summed E-state index contributed by atoms with van der Waals surface area (Å²) >= 11 is 0. The van der Waals surface area contributed by atoms with Crippen LogP contribution in [0.1, 0.15) is 17.5 Å².